The van der Waals surface area contributed by atoms with Crippen LogP contribution in [0, 0.1) is 0 Å². The SMILES string of the molecule is FC(F)(F)c1ccc(C(Cl)c2cc(Br)sc2Br)cc1. The number of alkyl halides is 4. The number of thiophene rings is 1. The van der Waals surface area contributed by atoms with E-state index in [4.69, 9.17) is 11.6 Å². The van der Waals surface area contributed by atoms with Crippen LogP contribution in [0.3, 0.4) is 0 Å². The van der Waals surface area contributed by atoms with Crippen LogP contribution in [-0.4, -0.2) is 0 Å². The number of halogens is 6. The lowest BCUT2D eigenvalue weighted by Crippen LogP contribution is -2.04. The molecule has 0 saturated carbocycles. The zero-order valence-electron chi connectivity index (χ0n) is 9.14. The molecule has 0 fully saturated rings. The lowest BCUT2D eigenvalue weighted by molar-refractivity contribution is -0.137. The number of hydrogen-bond donors (Lipinski definition) is 0. The van der Waals surface area contributed by atoms with Gasteiger partial charge in [-0.15, -0.1) is 22.9 Å². The molecule has 1 atom stereocenters. The van der Waals surface area contributed by atoms with E-state index in [1.54, 1.807) is 0 Å². The highest BCUT2D eigenvalue weighted by Gasteiger charge is 2.30. The van der Waals surface area contributed by atoms with Crippen LogP contribution in [0.2, 0.25) is 0 Å². The molecule has 7 heteroatoms. The third-order valence-electron chi connectivity index (χ3n) is 2.49. The minimum Gasteiger partial charge on any atom is -0.166 e. The van der Waals surface area contributed by atoms with Gasteiger partial charge in [-0.1, -0.05) is 12.1 Å². The van der Waals surface area contributed by atoms with Gasteiger partial charge in [-0.3, -0.25) is 0 Å². The summed E-state index contributed by atoms with van der Waals surface area (Å²) in [6.07, 6.45) is -4.33. The summed E-state index contributed by atoms with van der Waals surface area (Å²) < 4.78 is 39.2. The van der Waals surface area contributed by atoms with Crippen molar-refractivity contribution in [1.29, 1.82) is 0 Å². The van der Waals surface area contributed by atoms with E-state index in [2.05, 4.69) is 31.9 Å². The Morgan fingerprint density at radius 3 is 2.11 bits per heavy atom. The fourth-order valence-electron chi connectivity index (χ4n) is 1.55. The Morgan fingerprint density at radius 2 is 1.68 bits per heavy atom. The lowest BCUT2D eigenvalue weighted by atomic mass is 10.1. The zero-order chi connectivity index (χ0) is 14.2. The van der Waals surface area contributed by atoms with Crippen LogP contribution >= 0.6 is 54.8 Å². The van der Waals surface area contributed by atoms with E-state index >= 15 is 0 Å². The maximum absolute atomic E-state index is 12.5. The summed E-state index contributed by atoms with van der Waals surface area (Å²) in [5, 5.41) is -0.487. The first-order chi connectivity index (χ1) is 8.79. The van der Waals surface area contributed by atoms with Gasteiger partial charge in [-0.2, -0.15) is 13.2 Å². The van der Waals surface area contributed by atoms with Crippen LogP contribution in [0.15, 0.2) is 37.9 Å². The normalized spacial score (nSPS) is 13.6. The fraction of sp³-hybridized carbons (Fsp3) is 0.167. The second-order valence-electron chi connectivity index (χ2n) is 3.76. The molecular weight excluding hydrogens is 428 g/mol. The van der Waals surface area contributed by atoms with Gasteiger partial charge in [0.15, 0.2) is 0 Å². The van der Waals surface area contributed by atoms with E-state index in [0.717, 1.165) is 25.3 Å². The highest BCUT2D eigenvalue weighted by molar-refractivity contribution is 9.12. The third-order valence-corrected chi connectivity index (χ3v) is 5.36. The van der Waals surface area contributed by atoms with Crippen molar-refractivity contribution in [1.82, 2.24) is 0 Å². The van der Waals surface area contributed by atoms with Gasteiger partial charge in [-0.25, -0.2) is 0 Å². The Hall–Kier alpha value is -0.0400. The predicted molar refractivity (Wildman–Crippen MR) is 78.9 cm³/mol. The molecule has 0 N–H and O–H groups in total. The summed E-state index contributed by atoms with van der Waals surface area (Å²) >= 11 is 14.5. The van der Waals surface area contributed by atoms with Gasteiger partial charge in [0.2, 0.25) is 0 Å². The van der Waals surface area contributed by atoms with Crippen molar-refractivity contribution >= 4 is 54.8 Å². The summed E-state index contributed by atoms with van der Waals surface area (Å²) in [7, 11) is 0. The summed E-state index contributed by atoms with van der Waals surface area (Å²) in [6.45, 7) is 0. The number of benzene rings is 1. The molecule has 0 amide bonds. The van der Waals surface area contributed by atoms with Gasteiger partial charge >= 0.3 is 6.18 Å². The maximum atomic E-state index is 12.5. The molecule has 2 aromatic rings. The molecule has 0 bridgehead atoms. The first-order valence-electron chi connectivity index (χ1n) is 5.05. The summed E-state index contributed by atoms with van der Waals surface area (Å²) in [5.41, 5.74) is 0.782. The Labute approximate surface area is 133 Å². The molecule has 0 aliphatic carbocycles. The molecule has 19 heavy (non-hydrogen) atoms. The number of rotatable bonds is 2. The molecule has 0 aliphatic heterocycles. The molecule has 1 aromatic carbocycles. The fourth-order valence-corrected chi connectivity index (χ4v) is 4.96. The van der Waals surface area contributed by atoms with Crippen LogP contribution in [0.1, 0.15) is 22.1 Å². The molecule has 0 nitrogen and oxygen atoms in total. The van der Waals surface area contributed by atoms with Crippen LogP contribution in [0.25, 0.3) is 0 Å². The predicted octanol–water partition coefficient (Wildman–Crippen LogP) is 6.62. The monoisotopic (exact) mass is 432 g/mol. The first-order valence-corrected chi connectivity index (χ1v) is 7.89. The average Bonchev–Trinajstić information content (AvgIpc) is 2.66. The highest BCUT2D eigenvalue weighted by atomic mass is 79.9. The minimum absolute atomic E-state index is 0.487. The van der Waals surface area contributed by atoms with Crippen molar-refractivity contribution in [2.24, 2.45) is 0 Å². The standard InChI is InChI=1S/C12H6Br2ClF3S/c13-9-5-8(11(14)19-9)10(15)6-1-3-7(4-2-6)12(16,17)18/h1-5,10H. The zero-order valence-corrected chi connectivity index (χ0v) is 13.9. The molecule has 0 saturated heterocycles. The second-order valence-corrected chi connectivity index (χ2v) is 7.95. The molecule has 0 radical (unpaired) electrons. The maximum Gasteiger partial charge on any atom is 0.416 e. The molecule has 1 aromatic heterocycles. The van der Waals surface area contributed by atoms with Gasteiger partial charge in [0.1, 0.15) is 0 Å². The molecule has 1 unspecified atom stereocenters. The topological polar surface area (TPSA) is 0 Å². The van der Waals surface area contributed by atoms with E-state index in [1.165, 1.54) is 23.5 Å². The van der Waals surface area contributed by atoms with E-state index in [9.17, 15) is 13.2 Å². The van der Waals surface area contributed by atoms with Gasteiger partial charge in [0.05, 0.1) is 18.5 Å². The Kier molecular flexibility index (Phi) is 4.65. The average molecular weight is 435 g/mol. The number of hydrogen-bond acceptors (Lipinski definition) is 1. The van der Waals surface area contributed by atoms with Crippen LogP contribution in [-0.2, 0) is 6.18 Å². The van der Waals surface area contributed by atoms with Gasteiger partial charge in [-0.05, 0) is 55.6 Å². The Bertz CT molecular complexity index is 578. The largest absolute Gasteiger partial charge is 0.416 e. The van der Waals surface area contributed by atoms with Crippen LogP contribution in [0.4, 0.5) is 13.2 Å². The van der Waals surface area contributed by atoms with Crippen molar-refractivity contribution < 1.29 is 13.2 Å². The summed E-state index contributed by atoms with van der Waals surface area (Å²) in [5.74, 6) is 0. The van der Waals surface area contributed by atoms with Gasteiger partial charge < -0.3 is 0 Å². The van der Waals surface area contributed by atoms with Crippen molar-refractivity contribution in [3.63, 3.8) is 0 Å². The summed E-state index contributed by atoms with van der Waals surface area (Å²) in [4.78, 5) is 0. The third kappa shape index (κ3) is 3.54. The Morgan fingerprint density at radius 1 is 1.11 bits per heavy atom. The van der Waals surface area contributed by atoms with E-state index in [0.29, 0.717) is 5.56 Å². The van der Waals surface area contributed by atoms with E-state index < -0.39 is 17.1 Å². The van der Waals surface area contributed by atoms with E-state index in [-0.39, 0.29) is 0 Å². The van der Waals surface area contributed by atoms with Crippen molar-refractivity contribution in [2.75, 3.05) is 0 Å². The molecule has 102 valence electrons. The quantitative estimate of drug-likeness (QED) is 0.466. The molecule has 2 rings (SSSR count). The van der Waals surface area contributed by atoms with Crippen LogP contribution < -0.4 is 0 Å². The lowest BCUT2D eigenvalue weighted by Gasteiger charge is -2.11. The van der Waals surface area contributed by atoms with Crippen LogP contribution in [0.5, 0.6) is 0 Å². The molecule has 1 heterocycles. The van der Waals surface area contributed by atoms with Crippen molar-refractivity contribution in [2.45, 2.75) is 11.6 Å². The highest BCUT2D eigenvalue weighted by Crippen LogP contribution is 2.41. The second kappa shape index (κ2) is 5.76. The van der Waals surface area contributed by atoms with Gasteiger partial charge in [0, 0.05) is 5.56 Å². The minimum atomic E-state index is -4.33. The van der Waals surface area contributed by atoms with Crippen molar-refractivity contribution in [3.8, 4) is 0 Å². The molecule has 0 spiro atoms. The molecule has 0 aliphatic rings. The smallest absolute Gasteiger partial charge is 0.166 e. The van der Waals surface area contributed by atoms with Crippen molar-refractivity contribution in [3.05, 3.63) is 54.6 Å². The molecular formula is C12H6Br2ClF3S. The summed E-state index contributed by atoms with van der Waals surface area (Å²) in [6, 6.07) is 6.74. The van der Waals surface area contributed by atoms with Gasteiger partial charge in [0.25, 0.3) is 0 Å². The Balaban J connectivity index is 2.30. The first kappa shape index (κ1) is 15.4. The van der Waals surface area contributed by atoms with E-state index in [1.807, 2.05) is 6.07 Å².